The number of benzene rings is 2. The molecule has 0 fully saturated rings. The molecule has 30 heavy (non-hydrogen) atoms. The van der Waals surface area contributed by atoms with E-state index in [1.807, 2.05) is 0 Å². The number of cyclic esters (lactones) is 1. The summed E-state index contributed by atoms with van der Waals surface area (Å²) in [6, 6.07) is 10.2. The molecule has 0 spiro atoms. The average Bonchev–Trinajstić information content (AvgIpc) is 3.09. The van der Waals surface area contributed by atoms with Crippen LogP contribution in [0.1, 0.15) is 18.1 Å². The number of non-ortho nitro benzene ring substituents is 1. The Labute approximate surface area is 170 Å². The first-order valence-electron chi connectivity index (χ1n) is 8.71. The summed E-state index contributed by atoms with van der Waals surface area (Å²) < 4.78 is 20.1. The fourth-order valence-electron chi connectivity index (χ4n) is 2.54. The lowest BCUT2D eigenvalue weighted by Gasteiger charge is -2.09. The van der Waals surface area contributed by atoms with E-state index in [0.717, 1.165) is 0 Å². The van der Waals surface area contributed by atoms with Crippen molar-refractivity contribution in [1.82, 2.24) is 0 Å². The summed E-state index contributed by atoms with van der Waals surface area (Å²) in [5.74, 6) is -0.356. The number of hydrogen-bond donors (Lipinski definition) is 0. The van der Waals surface area contributed by atoms with Gasteiger partial charge in [-0.15, -0.1) is 0 Å². The SMILES string of the molecule is CCOC(=O)Oc1ccc(/C=C2\N=C(c3cccc([N+](=O)[O-])c3)OC2=O)cc1OC. The lowest BCUT2D eigenvalue weighted by molar-refractivity contribution is -0.384. The highest BCUT2D eigenvalue weighted by molar-refractivity contribution is 6.13. The second-order valence-electron chi connectivity index (χ2n) is 5.84. The molecule has 1 heterocycles. The minimum atomic E-state index is -0.868. The first-order valence-corrected chi connectivity index (χ1v) is 8.71. The van der Waals surface area contributed by atoms with E-state index in [4.69, 9.17) is 18.9 Å². The Morgan fingerprint density at radius 3 is 2.73 bits per heavy atom. The minimum absolute atomic E-state index is 0.00220. The number of rotatable bonds is 6. The zero-order valence-electron chi connectivity index (χ0n) is 16.0. The van der Waals surface area contributed by atoms with Gasteiger partial charge in [-0.25, -0.2) is 14.6 Å². The van der Waals surface area contributed by atoms with Crippen LogP contribution in [-0.2, 0) is 14.3 Å². The molecule has 2 aromatic rings. The van der Waals surface area contributed by atoms with Crippen molar-refractivity contribution in [3.8, 4) is 11.5 Å². The van der Waals surface area contributed by atoms with E-state index in [1.165, 1.54) is 43.5 Å². The number of methoxy groups -OCH3 is 1. The Morgan fingerprint density at radius 2 is 2.03 bits per heavy atom. The third-order valence-corrected chi connectivity index (χ3v) is 3.87. The molecule has 3 rings (SSSR count). The maximum atomic E-state index is 12.2. The third-order valence-electron chi connectivity index (χ3n) is 3.87. The standard InChI is InChI=1S/C20H16N2O8/c1-3-28-20(24)29-16-8-7-12(10-17(16)27-2)9-15-19(23)30-18(21-15)13-5-4-6-14(11-13)22(25)26/h4-11H,3H2,1-2H3/b15-9-. The Morgan fingerprint density at radius 1 is 1.23 bits per heavy atom. The molecule has 0 unspecified atom stereocenters. The predicted molar refractivity (Wildman–Crippen MR) is 104 cm³/mol. The van der Waals surface area contributed by atoms with Crippen molar-refractivity contribution >= 4 is 29.8 Å². The summed E-state index contributed by atoms with van der Waals surface area (Å²) in [4.78, 5) is 38.2. The van der Waals surface area contributed by atoms with Gasteiger partial charge in [0.25, 0.3) is 5.69 Å². The molecule has 1 aliphatic rings. The van der Waals surface area contributed by atoms with Crippen LogP contribution in [0.3, 0.4) is 0 Å². The van der Waals surface area contributed by atoms with E-state index in [2.05, 4.69) is 4.99 Å². The number of esters is 1. The number of nitrogens with zero attached hydrogens (tertiary/aromatic N) is 2. The van der Waals surface area contributed by atoms with Crippen LogP contribution in [0.5, 0.6) is 11.5 Å². The molecule has 0 saturated heterocycles. The van der Waals surface area contributed by atoms with Crippen LogP contribution in [0.25, 0.3) is 6.08 Å². The normalized spacial score (nSPS) is 14.1. The fraction of sp³-hybridized carbons (Fsp3) is 0.150. The average molecular weight is 412 g/mol. The molecule has 0 bridgehead atoms. The van der Waals surface area contributed by atoms with Gasteiger partial charge >= 0.3 is 12.1 Å². The Balaban J connectivity index is 1.87. The van der Waals surface area contributed by atoms with Crippen molar-refractivity contribution in [2.24, 2.45) is 4.99 Å². The van der Waals surface area contributed by atoms with Gasteiger partial charge in [-0.2, -0.15) is 0 Å². The van der Waals surface area contributed by atoms with Crippen molar-refractivity contribution in [1.29, 1.82) is 0 Å². The predicted octanol–water partition coefficient (Wildman–Crippen LogP) is 3.48. The van der Waals surface area contributed by atoms with E-state index in [9.17, 15) is 19.7 Å². The lowest BCUT2D eigenvalue weighted by Crippen LogP contribution is -2.10. The number of ether oxygens (including phenoxy) is 4. The van der Waals surface area contributed by atoms with Crippen LogP contribution < -0.4 is 9.47 Å². The largest absolute Gasteiger partial charge is 0.513 e. The van der Waals surface area contributed by atoms with E-state index >= 15 is 0 Å². The van der Waals surface area contributed by atoms with Gasteiger partial charge in [-0.1, -0.05) is 12.1 Å². The van der Waals surface area contributed by atoms with Gasteiger partial charge in [0.1, 0.15) is 0 Å². The maximum Gasteiger partial charge on any atom is 0.513 e. The zero-order valence-corrected chi connectivity index (χ0v) is 16.0. The Kier molecular flexibility index (Phi) is 6.06. The molecule has 0 saturated carbocycles. The summed E-state index contributed by atoms with van der Waals surface area (Å²) in [7, 11) is 1.40. The van der Waals surface area contributed by atoms with Crippen molar-refractivity contribution in [2.45, 2.75) is 6.92 Å². The van der Waals surface area contributed by atoms with Crippen molar-refractivity contribution in [3.05, 3.63) is 69.4 Å². The number of carbonyl (C=O) groups excluding carboxylic acids is 2. The summed E-state index contributed by atoms with van der Waals surface area (Å²) >= 11 is 0. The van der Waals surface area contributed by atoms with Crippen molar-refractivity contribution in [3.63, 3.8) is 0 Å². The zero-order chi connectivity index (χ0) is 21.7. The minimum Gasteiger partial charge on any atom is -0.493 e. The number of carbonyl (C=O) groups is 2. The number of hydrogen-bond acceptors (Lipinski definition) is 9. The first kappa shape index (κ1) is 20.5. The molecule has 1 aliphatic heterocycles. The quantitative estimate of drug-likeness (QED) is 0.232. The monoisotopic (exact) mass is 412 g/mol. The van der Waals surface area contributed by atoms with Gasteiger partial charge in [0.05, 0.1) is 18.6 Å². The summed E-state index contributed by atoms with van der Waals surface area (Å²) in [6.45, 7) is 1.81. The molecule has 0 amide bonds. The molecular weight excluding hydrogens is 396 g/mol. The molecule has 0 atom stereocenters. The summed E-state index contributed by atoms with van der Waals surface area (Å²) in [6.07, 6.45) is 0.580. The highest BCUT2D eigenvalue weighted by atomic mass is 16.7. The van der Waals surface area contributed by atoms with Gasteiger partial charge in [-0.3, -0.25) is 10.1 Å². The molecule has 154 valence electrons. The maximum absolute atomic E-state index is 12.2. The van der Waals surface area contributed by atoms with Crippen LogP contribution in [0.4, 0.5) is 10.5 Å². The van der Waals surface area contributed by atoms with E-state index < -0.39 is 17.0 Å². The molecule has 0 aromatic heterocycles. The summed E-state index contributed by atoms with van der Waals surface area (Å²) in [5, 5.41) is 10.9. The first-order chi connectivity index (χ1) is 14.4. The topological polar surface area (TPSA) is 127 Å². The van der Waals surface area contributed by atoms with Crippen molar-refractivity contribution in [2.75, 3.05) is 13.7 Å². The van der Waals surface area contributed by atoms with E-state index in [1.54, 1.807) is 19.1 Å². The second kappa shape index (κ2) is 8.86. The summed E-state index contributed by atoms with van der Waals surface area (Å²) in [5.41, 5.74) is 0.680. The fourth-order valence-corrected chi connectivity index (χ4v) is 2.54. The lowest BCUT2D eigenvalue weighted by atomic mass is 10.1. The molecular formula is C20H16N2O8. The van der Waals surface area contributed by atoms with Crippen LogP contribution in [0, 0.1) is 10.1 Å². The Hall–Kier alpha value is -4.21. The molecule has 2 aromatic carbocycles. The van der Waals surface area contributed by atoms with Crippen LogP contribution in [0.2, 0.25) is 0 Å². The Bertz CT molecular complexity index is 1070. The molecule has 0 radical (unpaired) electrons. The number of aliphatic imine (C=N–C) groups is 1. The van der Waals surface area contributed by atoms with Crippen LogP contribution in [0.15, 0.2) is 53.2 Å². The third kappa shape index (κ3) is 4.61. The van der Waals surface area contributed by atoms with E-state index in [-0.39, 0.29) is 35.4 Å². The van der Waals surface area contributed by atoms with Crippen molar-refractivity contribution < 1.29 is 33.5 Å². The second-order valence-corrected chi connectivity index (χ2v) is 5.84. The highest BCUT2D eigenvalue weighted by Gasteiger charge is 2.25. The van der Waals surface area contributed by atoms with Gasteiger partial charge < -0.3 is 18.9 Å². The van der Waals surface area contributed by atoms with Crippen LogP contribution >= 0.6 is 0 Å². The number of nitro benzene ring substituents is 1. The van der Waals surface area contributed by atoms with Gasteiger partial charge in [-0.05, 0) is 36.8 Å². The number of nitro groups is 1. The molecule has 10 nitrogen and oxygen atoms in total. The van der Waals surface area contributed by atoms with Gasteiger partial charge in [0.2, 0.25) is 5.90 Å². The van der Waals surface area contributed by atoms with Gasteiger partial charge in [0.15, 0.2) is 17.2 Å². The van der Waals surface area contributed by atoms with Gasteiger partial charge in [0, 0.05) is 17.7 Å². The highest BCUT2D eigenvalue weighted by Crippen LogP contribution is 2.30. The molecule has 0 N–H and O–H groups in total. The van der Waals surface area contributed by atoms with Crippen LogP contribution in [-0.4, -0.2) is 36.7 Å². The molecule has 10 heteroatoms. The molecule has 0 aliphatic carbocycles. The van der Waals surface area contributed by atoms with E-state index in [0.29, 0.717) is 11.1 Å². The smallest absolute Gasteiger partial charge is 0.493 e.